The van der Waals surface area contributed by atoms with Crippen molar-refractivity contribution in [2.45, 2.75) is 20.0 Å². The zero-order chi connectivity index (χ0) is 12.4. The van der Waals surface area contributed by atoms with E-state index in [1.165, 1.54) is 11.5 Å². The number of rotatable bonds is 4. The summed E-state index contributed by atoms with van der Waals surface area (Å²) in [4.78, 5) is 4.32. The zero-order valence-corrected chi connectivity index (χ0v) is 11.0. The van der Waals surface area contributed by atoms with Gasteiger partial charge in [-0.1, -0.05) is 5.16 Å². The van der Waals surface area contributed by atoms with Crippen molar-refractivity contribution in [3.63, 3.8) is 0 Å². The number of aromatic nitrogens is 3. The Morgan fingerprint density at radius 1 is 1.47 bits per heavy atom. The summed E-state index contributed by atoms with van der Waals surface area (Å²) in [7, 11) is 3.45. The predicted molar refractivity (Wildman–Crippen MR) is 65.1 cm³/mol. The molecule has 0 fully saturated rings. The fraction of sp³-hybridized carbons (Fsp3) is 0.500. The minimum Gasteiger partial charge on any atom is -0.378 e. The van der Waals surface area contributed by atoms with E-state index >= 15 is 0 Å². The van der Waals surface area contributed by atoms with Gasteiger partial charge in [-0.15, -0.1) is 0 Å². The molecule has 0 bridgehead atoms. The minimum atomic E-state index is -0.183. The van der Waals surface area contributed by atoms with Crippen molar-refractivity contribution < 1.29 is 9.26 Å². The van der Waals surface area contributed by atoms with Crippen molar-refractivity contribution in [3.8, 4) is 11.5 Å². The van der Waals surface area contributed by atoms with Crippen LogP contribution < -0.4 is 5.32 Å². The van der Waals surface area contributed by atoms with Gasteiger partial charge in [-0.05, 0) is 25.4 Å². The molecule has 0 aliphatic rings. The summed E-state index contributed by atoms with van der Waals surface area (Å²) < 4.78 is 14.6. The highest BCUT2D eigenvalue weighted by molar-refractivity contribution is 7.10. The first kappa shape index (κ1) is 12.0. The summed E-state index contributed by atoms with van der Waals surface area (Å²) in [6.07, 6.45) is -0.183. The molecule has 6 nitrogen and oxygen atoms in total. The molecule has 1 unspecified atom stereocenters. The van der Waals surface area contributed by atoms with Crippen LogP contribution in [0.15, 0.2) is 4.52 Å². The first-order valence-electron chi connectivity index (χ1n) is 5.18. The van der Waals surface area contributed by atoms with Gasteiger partial charge in [0.15, 0.2) is 0 Å². The topological polar surface area (TPSA) is 73.1 Å². The molecule has 0 aliphatic carbocycles. The molecule has 0 saturated carbocycles. The van der Waals surface area contributed by atoms with E-state index in [0.717, 1.165) is 16.3 Å². The molecule has 0 radical (unpaired) electrons. The SMILES string of the molecule is CNc1snc(C)c1-c1nc(C(C)OC)no1. The second kappa shape index (κ2) is 4.80. The van der Waals surface area contributed by atoms with Crippen LogP contribution in [0.1, 0.15) is 24.5 Å². The highest BCUT2D eigenvalue weighted by atomic mass is 32.1. The van der Waals surface area contributed by atoms with Gasteiger partial charge < -0.3 is 14.6 Å². The number of aryl methyl sites for hydroxylation is 1. The summed E-state index contributed by atoms with van der Waals surface area (Å²) in [5.41, 5.74) is 1.74. The van der Waals surface area contributed by atoms with E-state index < -0.39 is 0 Å². The number of anilines is 1. The molecule has 17 heavy (non-hydrogen) atoms. The second-order valence-electron chi connectivity index (χ2n) is 3.56. The van der Waals surface area contributed by atoms with E-state index in [9.17, 15) is 0 Å². The molecule has 1 N–H and O–H groups in total. The highest BCUT2D eigenvalue weighted by Gasteiger charge is 2.20. The van der Waals surface area contributed by atoms with Crippen LogP contribution in [-0.2, 0) is 4.74 Å². The molecular formula is C10H14N4O2S. The molecule has 2 rings (SSSR count). The van der Waals surface area contributed by atoms with Gasteiger partial charge in [0, 0.05) is 14.2 Å². The third-order valence-electron chi connectivity index (χ3n) is 2.46. The number of ether oxygens (including phenoxy) is 1. The van der Waals surface area contributed by atoms with Crippen molar-refractivity contribution in [3.05, 3.63) is 11.5 Å². The monoisotopic (exact) mass is 254 g/mol. The number of nitrogens with one attached hydrogen (secondary N) is 1. The standard InChI is InChI=1S/C10H14N4O2S/c1-5-7(10(11-3)17-14-5)9-12-8(13-16-9)6(2)15-4/h6,11H,1-4H3. The Balaban J connectivity index is 2.39. The average molecular weight is 254 g/mol. The maximum atomic E-state index is 5.24. The maximum Gasteiger partial charge on any atom is 0.262 e. The van der Waals surface area contributed by atoms with Gasteiger partial charge >= 0.3 is 0 Å². The van der Waals surface area contributed by atoms with Crippen LogP contribution in [-0.4, -0.2) is 28.7 Å². The lowest BCUT2D eigenvalue weighted by Gasteiger charge is -2.01. The third-order valence-corrected chi connectivity index (χ3v) is 3.42. The Morgan fingerprint density at radius 3 is 2.88 bits per heavy atom. The Morgan fingerprint density at radius 2 is 2.24 bits per heavy atom. The molecule has 0 aromatic carbocycles. The smallest absolute Gasteiger partial charge is 0.262 e. The first-order chi connectivity index (χ1) is 8.17. The van der Waals surface area contributed by atoms with Crippen molar-refractivity contribution in [2.24, 2.45) is 0 Å². The molecule has 0 amide bonds. The van der Waals surface area contributed by atoms with Crippen LogP contribution in [0, 0.1) is 6.92 Å². The Bertz CT molecular complexity index is 508. The van der Waals surface area contributed by atoms with E-state index in [1.54, 1.807) is 7.11 Å². The average Bonchev–Trinajstić information content (AvgIpc) is 2.93. The van der Waals surface area contributed by atoms with Gasteiger partial charge in [0.25, 0.3) is 5.89 Å². The molecule has 92 valence electrons. The van der Waals surface area contributed by atoms with Crippen LogP contribution in [0.4, 0.5) is 5.00 Å². The van der Waals surface area contributed by atoms with E-state index in [2.05, 4.69) is 19.8 Å². The number of hydrogen-bond acceptors (Lipinski definition) is 7. The van der Waals surface area contributed by atoms with Gasteiger partial charge in [0.2, 0.25) is 5.82 Å². The van der Waals surface area contributed by atoms with E-state index in [1.807, 2.05) is 20.9 Å². The molecule has 0 spiro atoms. The molecule has 2 heterocycles. The molecule has 1 atom stereocenters. The van der Waals surface area contributed by atoms with Crippen molar-refractivity contribution in [1.82, 2.24) is 14.5 Å². The van der Waals surface area contributed by atoms with Crippen LogP contribution in [0.2, 0.25) is 0 Å². The van der Waals surface area contributed by atoms with Crippen molar-refractivity contribution in [1.29, 1.82) is 0 Å². The lowest BCUT2D eigenvalue weighted by Crippen LogP contribution is -1.98. The second-order valence-corrected chi connectivity index (χ2v) is 4.33. The highest BCUT2D eigenvalue weighted by Crippen LogP contribution is 2.33. The fourth-order valence-electron chi connectivity index (χ4n) is 1.40. The van der Waals surface area contributed by atoms with Crippen LogP contribution in [0.5, 0.6) is 0 Å². The Hall–Kier alpha value is -1.47. The van der Waals surface area contributed by atoms with Crippen LogP contribution in [0.3, 0.4) is 0 Å². The summed E-state index contributed by atoms with van der Waals surface area (Å²) in [6.45, 7) is 3.78. The molecule has 7 heteroatoms. The lowest BCUT2D eigenvalue weighted by atomic mass is 10.2. The third kappa shape index (κ3) is 2.16. The van der Waals surface area contributed by atoms with Gasteiger partial charge in [-0.3, -0.25) is 0 Å². The fourth-order valence-corrected chi connectivity index (χ4v) is 2.14. The lowest BCUT2D eigenvalue weighted by molar-refractivity contribution is 0.109. The van der Waals surface area contributed by atoms with E-state index in [0.29, 0.717) is 11.7 Å². The number of hydrogen-bond donors (Lipinski definition) is 1. The molecule has 0 saturated heterocycles. The van der Waals surface area contributed by atoms with Gasteiger partial charge in [-0.25, -0.2) is 0 Å². The van der Waals surface area contributed by atoms with Crippen LogP contribution in [0.25, 0.3) is 11.5 Å². The van der Waals surface area contributed by atoms with E-state index in [4.69, 9.17) is 9.26 Å². The zero-order valence-electron chi connectivity index (χ0n) is 10.1. The molecule has 2 aromatic heterocycles. The van der Waals surface area contributed by atoms with Crippen molar-refractivity contribution >= 4 is 16.5 Å². The van der Waals surface area contributed by atoms with Gasteiger partial charge in [-0.2, -0.15) is 9.36 Å². The first-order valence-corrected chi connectivity index (χ1v) is 5.95. The maximum absolute atomic E-state index is 5.24. The number of nitrogens with zero attached hydrogens (tertiary/aromatic N) is 3. The summed E-state index contributed by atoms with van der Waals surface area (Å²) in [6, 6.07) is 0. The molecule has 0 aliphatic heterocycles. The predicted octanol–water partition coefficient (Wildman–Crippen LogP) is 2.25. The van der Waals surface area contributed by atoms with Gasteiger partial charge in [0.05, 0.1) is 11.3 Å². The summed E-state index contributed by atoms with van der Waals surface area (Å²) >= 11 is 1.37. The molecule has 2 aromatic rings. The number of methoxy groups -OCH3 is 1. The van der Waals surface area contributed by atoms with Gasteiger partial charge in [0.1, 0.15) is 11.1 Å². The minimum absolute atomic E-state index is 0.183. The quantitative estimate of drug-likeness (QED) is 0.902. The summed E-state index contributed by atoms with van der Waals surface area (Å²) in [5, 5.41) is 7.88. The summed E-state index contributed by atoms with van der Waals surface area (Å²) in [5.74, 6) is 1.01. The van der Waals surface area contributed by atoms with Crippen LogP contribution >= 0.6 is 11.5 Å². The van der Waals surface area contributed by atoms with Crippen molar-refractivity contribution in [2.75, 3.05) is 19.5 Å². The largest absolute Gasteiger partial charge is 0.378 e. The Labute approximate surface area is 103 Å². The normalized spacial score (nSPS) is 12.7. The Kier molecular flexibility index (Phi) is 3.39. The molecular weight excluding hydrogens is 240 g/mol. The van der Waals surface area contributed by atoms with E-state index in [-0.39, 0.29) is 6.10 Å².